The summed E-state index contributed by atoms with van der Waals surface area (Å²) in [5.41, 5.74) is 2.70. The van der Waals surface area contributed by atoms with Crippen LogP contribution in [0.15, 0.2) is 42.5 Å². The van der Waals surface area contributed by atoms with Crippen molar-refractivity contribution in [1.29, 1.82) is 0 Å². The van der Waals surface area contributed by atoms with E-state index in [0.717, 1.165) is 22.4 Å². The summed E-state index contributed by atoms with van der Waals surface area (Å²) in [6, 6.07) is 14.1. The number of rotatable bonds is 3. The van der Waals surface area contributed by atoms with Crippen LogP contribution in [-0.2, 0) is 17.4 Å². The van der Waals surface area contributed by atoms with Crippen molar-refractivity contribution < 1.29 is 9.84 Å². The molecule has 2 rings (SSSR count). The molecule has 2 heteroatoms. The average Bonchev–Trinajstić information content (AvgIpc) is 2.44. The Morgan fingerprint density at radius 2 is 1.30 bits per heavy atom. The molecule has 1 N–H and O–H groups in total. The van der Waals surface area contributed by atoms with Gasteiger partial charge in [0.1, 0.15) is 18.1 Å². The molecule has 0 heterocycles. The van der Waals surface area contributed by atoms with Crippen LogP contribution < -0.4 is 4.74 Å². The van der Waals surface area contributed by atoms with E-state index in [-0.39, 0.29) is 10.8 Å². The van der Waals surface area contributed by atoms with E-state index in [4.69, 9.17) is 4.74 Å². The zero-order chi connectivity index (χ0) is 17.3. The first-order valence-electron chi connectivity index (χ1n) is 8.14. The Hall–Kier alpha value is -1.96. The molecule has 0 bridgehead atoms. The zero-order valence-electron chi connectivity index (χ0n) is 15.1. The van der Waals surface area contributed by atoms with Gasteiger partial charge in [-0.25, -0.2) is 0 Å². The quantitative estimate of drug-likeness (QED) is 0.803. The molecule has 23 heavy (non-hydrogen) atoms. The summed E-state index contributed by atoms with van der Waals surface area (Å²) in [7, 11) is 0. The molecule has 0 aliphatic rings. The Balaban J connectivity index is 2.40. The highest BCUT2D eigenvalue weighted by atomic mass is 16.5. The SMILES string of the molecule is CC(C)(C)c1cc(OCc2ccccc2)cc(C(C)(C)C)c1O. The Bertz CT molecular complexity index is 623. The topological polar surface area (TPSA) is 29.5 Å². The summed E-state index contributed by atoms with van der Waals surface area (Å²) in [6.07, 6.45) is 0. The van der Waals surface area contributed by atoms with E-state index in [1.807, 2.05) is 30.3 Å². The maximum Gasteiger partial charge on any atom is 0.123 e. The minimum Gasteiger partial charge on any atom is -0.507 e. The van der Waals surface area contributed by atoms with Gasteiger partial charge in [-0.3, -0.25) is 0 Å². The fourth-order valence-corrected chi connectivity index (χ4v) is 2.58. The third-order valence-electron chi connectivity index (χ3n) is 3.95. The Labute approximate surface area is 140 Å². The van der Waals surface area contributed by atoms with Gasteiger partial charge in [0, 0.05) is 11.1 Å². The number of phenols is 1. The average molecular weight is 312 g/mol. The molecule has 0 radical (unpaired) electrons. The van der Waals surface area contributed by atoms with Crippen LogP contribution in [0.1, 0.15) is 58.2 Å². The van der Waals surface area contributed by atoms with Crippen LogP contribution in [0.4, 0.5) is 0 Å². The van der Waals surface area contributed by atoms with Gasteiger partial charge in [-0.15, -0.1) is 0 Å². The van der Waals surface area contributed by atoms with E-state index < -0.39 is 0 Å². The van der Waals surface area contributed by atoms with Gasteiger partial charge in [-0.1, -0.05) is 71.9 Å². The molecule has 0 aliphatic carbocycles. The van der Waals surface area contributed by atoms with E-state index in [1.165, 1.54) is 0 Å². The number of phenolic OH excluding ortho intramolecular Hbond substituents is 1. The number of hydrogen-bond acceptors (Lipinski definition) is 2. The molecule has 0 aromatic heterocycles. The third kappa shape index (κ3) is 4.28. The lowest BCUT2D eigenvalue weighted by Gasteiger charge is -2.28. The Morgan fingerprint density at radius 1 is 0.826 bits per heavy atom. The van der Waals surface area contributed by atoms with Crippen molar-refractivity contribution >= 4 is 0 Å². The largest absolute Gasteiger partial charge is 0.507 e. The molecule has 0 unspecified atom stereocenters. The first-order valence-corrected chi connectivity index (χ1v) is 8.14. The van der Waals surface area contributed by atoms with Gasteiger partial charge in [0.2, 0.25) is 0 Å². The molecule has 0 aliphatic heterocycles. The highest BCUT2D eigenvalue weighted by Crippen LogP contribution is 2.41. The summed E-state index contributed by atoms with van der Waals surface area (Å²) in [5.74, 6) is 1.19. The monoisotopic (exact) mass is 312 g/mol. The van der Waals surface area contributed by atoms with E-state index in [1.54, 1.807) is 0 Å². The second-order valence-corrected chi connectivity index (χ2v) is 8.14. The molecule has 0 saturated heterocycles. The molecule has 0 amide bonds. The van der Waals surface area contributed by atoms with Crippen LogP contribution >= 0.6 is 0 Å². The van der Waals surface area contributed by atoms with Gasteiger partial charge in [0.15, 0.2) is 0 Å². The van der Waals surface area contributed by atoms with E-state index in [9.17, 15) is 5.11 Å². The molecule has 2 nitrogen and oxygen atoms in total. The maximum absolute atomic E-state index is 10.7. The first-order chi connectivity index (χ1) is 10.6. The predicted molar refractivity (Wildman–Crippen MR) is 96.3 cm³/mol. The molecule has 0 saturated carbocycles. The summed E-state index contributed by atoms with van der Waals surface area (Å²) in [5, 5.41) is 10.7. The molecule has 0 atom stereocenters. The maximum atomic E-state index is 10.7. The molecule has 0 fully saturated rings. The van der Waals surface area contributed by atoms with Crippen molar-refractivity contribution in [1.82, 2.24) is 0 Å². The number of aromatic hydroxyl groups is 1. The van der Waals surface area contributed by atoms with E-state index >= 15 is 0 Å². The second kappa shape index (κ2) is 6.27. The van der Waals surface area contributed by atoms with Crippen molar-refractivity contribution in [2.24, 2.45) is 0 Å². The highest BCUT2D eigenvalue weighted by Gasteiger charge is 2.26. The van der Waals surface area contributed by atoms with Crippen LogP contribution in [0.25, 0.3) is 0 Å². The van der Waals surface area contributed by atoms with Crippen molar-refractivity contribution in [3.63, 3.8) is 0 Å². The summed E-state index contributed by atoms with van der Waals surface area (Å²) < 4.78 is 6.01. The number of benzene rings is 2. The molecule has 2 aromatic carbocycles. The summed E-state index contributed by atoms with van der Waals surface area (Å²) >= 11 is 0. The van der Waals surface area contributed by atoms with Gasteiger partial charge in [-0.2, -0.15) is 0 Å². The normalized spacial score (nSPS) is 12.3. The number of ether oxygens (including phenoxy) is 1. The Kier molecular flexibility index (Phi) is 4.74. The van der Waals surface area contributed by atoms with Gasteiger partial charge in [0.05, 0.1) is 0 Å². The molecular formula is C21H28O2. The molecular weight excluding hydrogens is 284 g/mol. The standard InChI is InChI=1S/C21H28O2/c1-20(2,3)17-12-16(13-18(19(17)22)21(4,5)6)23-14-15-10-8-7-9-11-15/h7-13,22H,14H2,1-6H3. The highest BCUT2D eigenvalue weighted by molar-refractivity contribution is 5.52. The molecule has 0 spiro atoms. The van der Waals surface area contributed by atoms with Gasteiger partial charge < -0.3 is 9.84 Å². The lowest BCUT2D eigenvalue weighted by atomic mass is 9.79. The van der Waals surface area contributed by atoms with Crippen LogP contribution in [0, 0.1) is 0 Å². The minimum absolute atomic E-state index is 0.143. The summed E-state index contributed by atoms with van der Waals surface area (Å²) in [4.78, 5) is 0. The van der Waals surface area contributed by atoms with Crippen LogP contribution in [0.3, 0.4) is 0 Å². The first kappa shape index (κ1) is 17.4. The van der Waals surface area contributed by atoms with Gasteiger partial charge >= 0.3 is 0 Å². The fourth-order valence-electron chi connectivity index (χ4n) is 2.58. The van der Waals surface area contributed by atoms with Crippen LogP contribution in [-0.4, -0.2) is 5.11 Å². The van der Waals surface area contributed by atoms with Crippen molar-refractivity contribution in [2.75, 3.05) is 0 Å². The molecule has 124 valence electrons. The van der Waals surface area contributed by atoms with Gasteiger partial charge in [0.25, 0.3) is 0 Å². The van der Waals surface area contributed by atoms with Gasteiger partial charge in [-0.05, 0) is 28.5 Å². The van der Waals surface area contributed by atoms with Crippen molar-refractivity contribution in [3.8, 4) is 11.5 Å². The van der Waals surface area contributed by atoms with E-state index in [2.05, 4.69) is 53.7 Å². The predicted octanol–water partition coefficient (Wildman–Crippen LogP) is 5.57. The van der Waals surface area contributed by atoms with Crippen molar-refractivity contribution in [2.45, 2.75) is 59.0 Å². The lowest BCUT2D eigenvalue weighted by Crippen LogP contribution is -2.17. The Morgan fingerprint density at radius 3 is 1.74 bits per heavy atom. The van der Waals surface area contributed by atoms with E-state index in [0.29, 0.717) is 12.4 Å². The molecule has 2 aromatic rings. The third-order valence-corrected chi connectivity index (χ3v) is 3.95. The van der Waals surface area contributed by atoms with Crippen LogP contribution in [0.2, 0.25) is 0 Å². The number of hydrogen-bond donors (Lipinski definition) is 1. The van der Waals surface area contributed by atoms with Crippen molar-refractivity contribution in [3.05, 3.63) is 59.2 Å². The minimum atomic E-state index is -0.143. The second-order valence-electron chi connectivity index (χ2n) is 8.14. The lowest BCUT2D eigenvalue weighted by molar-refractivity contribution is 0.302. The fraction of sp³-hybridized carbons (Fsp3) is 0.429. The summed E-state index contributed by atoms with van der Waals surface area (Å²) in [6.45, 7) is 13.2. The zero-order valence-corrected chi connectivity index (χ0v) is 15.1. The van der Waals surface area contributed by atoms with Crippen LogP contribution in [0.5, 0.6) is 11.5 Å². The smallest absolute Gasteiger partial charge is 0.123 e.